The first-order valence-electron chi connectivity index (χ1n) is 2.64. The number of carbonyl (C=O) groups excluding carboxylic acids is 2. The van der Waals surface area contributed by atoms with Gasteiger partial charge < -0.3 is 24.2 Å². The van der Waals surface area contributed by atoms with Crippen LogP contribution in [-0.4, -0.2) is 11.9 Å². The molecule has 0 radical (unpaired) electrons. The second-order valence-corrected chi connectivity index (χ2v) is 1.74. The van der Waals surface area contributed by atoms with Crippen LogP contribution in [0.1, 0.15) is 21.1 Å². The summed E-state index contributed by atoms with van der Waals surface area (Å²) in [6.45, 7) is 0. The van der Waals surface area contributed by atoms with Crippen molar-refractivity contribution in [2.24, 2.45) is 0 Å². The summed E-state index contributed by atoms with van der Waals surface area (Å²) in [6, 6.07) is 1.97. The Morgan fingerprint density at radius 3 is 1.58 bits per heavy atom. The zero-order valence-electron chi connectivity index (χ0n) is 5.90. The van der Waals surface area contributed by atoms with Gasteiger partial charge in [0.1, 0.15) is 23.5 Å². The van der Waals surface area contributed by atoms with Crippen molar-refractivity contribution in [3.8, 4) is 0 Å². The normalized spacial score (nSPS) is 8.67. The molecule has 1 aromatic rings. The van der Waals surface area contributed by atoms with Crippen molar-refractivity contribution in [1.29, 1.82) is 0 Å². The van der Waals surface area contributed by atoms with Gasteiger partial charge in [-0.05, 0) is 12.1 Å². The second-order valence-electron chi connectivity index (χ2n) is 1.74. The monoisotopic (exact) mass is 218 g/mol. The third-order valence-electron chi connectivity index (χ3n) is 1.01. The van der Waals surface area contributed by atoms with E-state index in [0.29, 0.717) is 0 Å². The van der Waals surface area contributed by atoms with Gasteiger partial charge in [-0.15, -0.1) is 0 Å². The number of aromatic carboxylic acids is 2. The molecule has 0 N–H and O–H groups in total. The summed E-state index contributed by atoms with van der Waals surface area (Å²) in [5.74, 6) is -4.16. The van der Waals surface area contributed by atoms with E-state index >= 15 is 0 Å². The average molecular weight is 219 g/mol. The number of furan rings is 1. The standard InChI is InChI=1S/C6H4O5.Zn/c7-5(8)3-1-2-4(11-3)6(9)10;/h1-2H,(H,7,8)(H,9,10);/q;+2/p-2. The Morgan fingerprint density at radius 2 is 1.42 bits per heavy atom. The maximum absolute atomic E-state index is 10.0. The van der Waals surface area contributed by atoms with Gasteiger partial charge in [0.2, 0.25) is 0 Å². The molecular formula is C6H2O5Zn. The molecule has 0 saturated carbocycles. The molecular weight excluding hydrogens is 217 g/mol. The molecule has 12 heavy (non-hydrogen) atoms. The number of hydrogen-bond donors (Lipinski definition) is 0. The Labute approximate surface area is 79.8 Å². The maximum Gasteiger partial charge on any atom is 2.00 e. The minimum Gasteiger partial charge on any atom is -0.542 e. The minimum atomic E-state index is -1.56. The molecule has 0 aliphatic heterocycles. The van der Waals surface area contributed by atoms with Crippen LogP contribution in [0, 0.1) is 0 Å². The minimum absolute atomic E-state index is 0. The van der Waals surface area contributed by atoms with Gasteiger partial charge in [-0.1, -0.05) is 0 Å². The Bertz CT molecular complexity index is 274. The number of hydrogen-bond acceptors (Lipinski definition) is 5. The van der Waals surface area contributed by atoms with Crippen LogP contribution in [0.15, 0.2) is 16.5 Å². The van der Waals surface area contributed by atoms with Gasteiger partial charge in [0.05, 0.1) is 0 Å². The molecule has 0 spiro atoms. The summed E-state index contributed by atoms with van der Waals surface area (Å²) >= 11 is 0. The third-order valence-corrected chi connectivity index (χ3v) is 1.01. The topological polar surface area (TPSA) is 93.4 Å². The Morgan fingerprint density at radius 1 is 1.08 bits per heavy atom. The van der Waals surface area contributed by atoms with Crippen LogP contribution in [0.3, 0.4) is 0 Å². The van der Waals surface area contributed by atoms with Crippen LogP contribution >= 0.6 is 0 Å². The molecule has 0 unspecified atom stereocenters. The van der Waals surface area contributed by atoms with Crippen LogP contribution in [0.2, 0.25) is 0 Å². The van der Waals surface area contributed by atoms with E-state index in [1.54, 1.807) is 0 Å². The molecule has 0 fully saturated rings. The van der Waals surface area contributed by atoms with Crippen molar-refractivity contribution >= 4 is 11.9 Å². The Kier molecular flexibility index (Phi) is 3.63. The molecule has 6 heteroatoms. The van der Waals surface area contributed by atoms with Crippen LogP contribution < -0.4 is 10.2 Å². The van der Waals surface area contributed by atoms with Crippen molar-refractivity contribution in [3.63, 3.8) is 0 Å². The third kappa shape index (κ3) is 2.17. The molecule has 0 aromatic carbocycles. The molecule has 1 aromatic heterocycles. The van der Waals surface area contributed by atoms with Crippen molar-refractivity contribution < 1.29 is 43.7 Å². The largest absolute Gasteiger partial charge is 2.00 e. The fraction of sp³-hybridized carbons (Fsp3) is 0. The molecule has 0 saturated heterocycles. The van der Waals surface area contributed by atoms with E-state index < -0.39 is 23.5 Å². The molecule has 0 aliphatic carbocycles. The summed E-state index contributed by atoms with van der Waals surface area (Å²) in [4.78, 5) is 20.0. The van der Waals surface area contributed by atoms with Gasteiger partial charge in [0.15, 0.2) is 0 Å². The number of rotatable bonds is 2. The first-order chi connectivity index (χ1) is 5.11. The average Bonchev–Trinajstić information content (AvgIpc) is 2.33. The van der Waals surface area contributed by atoms with E-state index in [9.17, 15) is 19.8 Å². The van der Waals surface area contributed by atoms with E-state index in [1.165, 1.54) is 0 Å². The van der Waals surface area contributed by atoms with Crippen molar-refractivity contribution in [3.05, 3.63) is 23.7 Å². The quantitative estimate of drug-likeness (QED) is 0.537. The SMILES string of the molecule is O=C([O-])c1ccc(C(=O)[O-])o1.[Zn+2]. The smallest absolute Gasteiger partial charge is 0.542 e. The van der Waals surface area contributed by atoms with Gasteiger partial charge in [0, 0.05) is 0 Å². The number of carboxylic acids is 2. The molecule has 0 bridgehead atoms. The summed E-state index contributed by atoms with van der Waals surface area (Å²) in [6.07, 6.45) is 0. The molecule has 58 valence electrons. The fourth-order valence-corrected chi connectivity index (χ4v) is 0.557. The number of carbonyl (C=O) groups is 2. The van der Waals surface area contributed by atoms with Crippen molar-refractivity contribution in [2.45, 2.75) is 0 Å². The van der Waals surface area contributed by atoms with E-state index in [4.69, 9.17) is 0 Å². The van der Waals surface area contributed by atoms with E-state index in [2.05, 4.69) is 4.42 Å². The Hall–Kier alpha value is -1.16. The molecule has 0 aliphatic rings. The zero-order valence-corrected chi connectivity index (χ0v) is 8.87. The molecule has 5 nitrogen and oxygen atoms in total. The predicted molar refractivity (Wildman–Crippen MR) is 27.4 cm³/mol. The van der Waals surface area contributed by atoms with Crippen LogP contribution in [0.5, 0.6) is 0 Å². The number of carboxylic acid groups (broad SMARTS) is 2. The van der Waals surface area contributed by atoms with Crippen LogP contribution in [0.4, 0.5) is 0 Å². The van der Waals surface area contributed by atoms with Gasteiger partial charge in [-0.3, -0.25) is 0 Å². The van der Waals surface area contributed by atoms with Crippen molar-refractivity contribution in [1.82, 2.24) is 0 Å². The molecule has 1 heterocycles. The molecule has 0 amide bonds. The van der Waals surface area contributed by atoms with Gasteiger partial charge in [0.25, 0.3) is 0 Å². The van der Waals surface area contributed by atoms with Gasteiger partial charge in [-0.25, -0.2) is 0 Å². The van der Waals surface area contributed by atoms with Crippen LogP contribution in [0.25, 0.3) is 0 Å². The summed E-state index contributed by atoms with van der Waals surface area (Å²) in [5, 5.41) is 20.0. The van der Waals surface area contributed by atoms with E-state index in [-0.39, 0.29) is 19.5 Å². The predicted octanol–water partition coefficient (Wildman–Crippen LogP) is -2.00. The maximum atomic E-state index is 10.0. The van der Waals surface area contributed by atoms with E-state index in [0.717, 1.165) is 12.1 Å². The summed E-state index contributed by atoms with van der Waals surface area (Å²) < 4.78 is 4.28. The summed E-state index contributed by atoms with van der Waals surface area (Å²) in [5.41, 5.74) is 0. The molecule has 1 rings (SSSR count). The van der Waals surface area contributed by atoms with Gasteiger partial charge in [-0.2, -0.15) is 0 Å². The molecule has 0 atom stereocenters. The fourth-order valence-electron chi connectivity index (χ4n) is 0.557. The second kappa shape index (κ2) is 4.02. The Balaban J connectivity index is 0.00000121. The first-order valence-corrected chi connectivity index (χ1v) is 2.64. The van der Waals surface area contributed by atoms with Crippen molar-refractivity contribution in [2.75, 3.05) is 0 Å². The zero-order chi connectivity index (χ0) is 8.43. The first kappa shape index (κ1) is 10.8. The van der Waals surface area contributed by atoms with Crippen LogP contribution in [-0.2, 0) is 19.5 Å². The van der Waals surface area contributed by atoms with E-state index in [1.807, 2.05) is 0 Å². The van der Waals surface area contributed by atoms with Gasteiger partial charge >= 0.3 is 19.5 Å². The summed E-state index contributed by atoms with van der Waals surface area (Å²) in [7, 11) is 0.